The first-order valence-corrected chi connectivity index (χ1v) is 7.50. The fraction of sp³-hybridized carbons (Fsp3) is 0.278. The molecule has 0 saturated heterocycles. The molecule has 5 heteroatoms. The Bertz CT molecular complexity index is 591. The molecule has 4 nitrogen and oxygen atoms in total. The molecule has 0 atom stereocenters. The van der Waals surface area contributed by atoms with Gasteiger partial charge in [-0.15, -0.1) is 12.4 Å². The van der Waals surface area contributed by atoms with E-state index in [1.807, 2.05) is 49.5 Å². The van der Waals surface area contributed by atoms with Crippen LogP contribution >= 0.6 is 12.4 Å². The van der Waals surface area contributed by atoms with E-state index in [0.29, 0.717) is 25.3 Å². The van der Waals surface area contributed by atoms with Crippen LogP contribution in [-0.2, 0) is 11.2 Å². The lowest BCUT2D eigenvalue weighted by atomic mass is 10.2. The number of anilines is 1. The van der Waals surface area contributed by atoms with Crippen LogP contribution in [0, 0.1) is 0 Å². The average molecular weight is 335 g/mol. The third-order valence-electron chi connectivity index (χ3n) is 3.25. The van der Waals surface area contributed by atoms with Gasteiger partial charge in [0, 0.05) is 19.4 Å². The molecule has 1 amide bonds. The van der Waals surface area contributed by atoms with Gasteiger partial charge in [-0.2, -0.15) is 0 Å². The van der Waals surface area contributed by atoms with Crippen molar-refractivity contribution in [3.05, 3.63) is 60.2 Å². The van der Waals surface area contributed by atoms with Crippen molar-refractivity contribution in [1.82, 2.24) is 5.32 Å². The number of carbonyl (C=O) groups is 1. The summed E-state index contributed by atoms with van der Waals surface area (Å²) in [6.07, 6.45) is 1.28. The lowest BCUT2D eigenvalue weighted by Gasteiger charge is -2.12. The second kappa shape index (κ2) is 10.6. The van der Waals surface area contributed by atoms with Crippen LogP contribution in [0.1, 0.15) is 12.0 Å². The zero-order valence-corrected chi connectivity index (χ0v) is 14.1. The Morgan fingerprint density at radius 1 is 1.04 bits per heavy atom. The van der Waals surface area contributed by atoms with Gasteiger partial charge in [0.05, 0.1) is 12.3 Å². The van der Waals surface area contributed by atoms with E-state index in [0.717, 1.165) is 12.1 Å². The minimum absolute atomic E-state index is 0. The minimum Gasteiger partial charge on any atom is -0.491 e. The van der Waals surface area contributed by atoms with E-state index in [4.69, 9.17) is 4.74 Å². The van der Waals surface area contributed by atoms with Crippen molar-refractivity contribution in [2.24, 2.45) is 0 Å². The van der Waals surface area contributed by atoms with E-state index in [1.54, 1.807) is 0 Å². The summed E-state index contributed by atoms with van der Waals surface area (Å²) in [4.78, 5) is 11.8. The van der Waals surface area contributed by atoms with Crippen molar-refractivity contribution in [3.8, 4) is 5.75 Å². The van der Waals surface area contributed by atoms with Gasteiger partial charge in [-0.3, -0.25) is 4.79 Å². The number of hydrogen-bond acceptors (Lipinski definition) is 3. The summed E-state index contributed by atoms with van der Waals surface area (Å²) in [5.41, 5.74) is 1.95. The van der Waals surface area contributed by atoms with Gasteiger partial charge >= 0.3 is 0 Å². The number of carbonyl (C=O) groups excluding carboxylic acids is 1. The van der Waals surface area contributed by atoms with Crippen molar-refractivity contribution in [3.63, 3.8) is 0 Å². The maximum Gasteiger partial charge on any atom is 0.225 e. The summed E-state index contributed by atoms with van der Waals surface area (Å²) >= 11 is 0. The van der Waals surface area contributed by atoms with Gasteiger partial charge < -0.3 is 15.4 Å². The molecule has 0 aliphatic carbocycles. The summed E-state index contributed by atoms with van der Waals surface area (Å²) in [7, 11) is 1.83. The molecule has 0 unspecified atom stereocenters. The normalized spacial score (nSPS) is 9.78. The molecule has 2 rings (SSSR count). The number of halogens is 1. The van der Waals surface area contributed by atoms with E-state index in [2.05, 4.69) is 22.8 Å². The van der Waals surface area contributed by atoms with Gasteiger partial charge in [0.2, 0.25) is 5.91 Å². The summed E-state index contributed by atoms with van der Waals surface area (Å²) in [6.45, 7) is 1.23. The second-order valence-corrected chi connectivity index (χ2v) is 4.98. The van der Waals surface area contributed by atoms with Gasteiger partial charge in [-0.25, -0.2) is 0 Å². The van der Waals surface area contributed by atoms with Crippen molar-refractivity contribution in [2.75, 3.05) is 25.5 Å². The van der Waals surface area contributed by atoms with Crippen LogP contribution in [0.5, 0.6) is 5.75 Å². The first-order valence-electron chi connectivity index (χ1n) is 7.50. The van der Waals surface area contributed by atoms with Gasteiger partial charge in [0.15, 0.2) is 0 Å². The van der Waals surface area contributed by atoms with Crippen LogP contribution in [0.15, 0.2) is 54.6 Å². The number of ether oxygens (including phenoxy) is 1. The Hall–Kier alpha value is -2.04. The third kappa shape index (κ3) is 6.72. The van der Waals surface area contributed by atoms with Crippen molar-refractivity contribution >= 4 is 24.0 Å². The largest absolute Gasteiger partial charge is 0.491 e. The first-order chi connectivity index (χ1) is 10.8. The number of rotatable bonds is 8. The highest BCUT2D eigenvalue weighted by atomic mass is 35.5. The SMILES string of the molecule is CNCCC(=O)Nc1ccccc1OCCc1ccccc1.Cl. The summed E-state index contributed by atoms with van der Waals surface area (Å²) in [6, 6.07) is 17.7. The summed E-state index contributed by atoms with van der Waals surface area (Å²) < 4.78 is 5.82. The van der Waals surface area contributed by atoms with E-state index in [9.17, 15) is 4.79 Å². The highest BCUT2D eigenvalue weighted by Gasteiger charge is 2.07. The van der Waals surface area contributed by atoms with Crippen LogP contribution in [0.4, 0.5) is 5.69 Å². The number of hydrogen-bond donors (Lipinski definition) is 2. The lowest BCUT2D eigenvalue weighted by molar-refractivity contribution is -0.116. The molecule has 23 heavy (non-hydrogen) atoms. The summed E-state index contributed by atoms with van der Waals surface area (Å²) in [5, 5.41) is 5.85. The van der Waals surface area contributed by atoms with Crippen LogP contribution in [0.25, 0.3) is 0 Å². The Morgan fingerprint density at radius 2 is 1.74 bits per heavy atom. The molecule has 2 aromatic rings. The van der Waals surface area contributed by atoms with E-state index >= 15 is 0 Å². The van der Waals surface area contributed by atoms with E-state index in [1.165, 1.54) is 5.56 Å². The second-order valence-electron chi connectivity index (χ2n) is 4.98. The number of nitrogens with one attached hydrogen (secondary N) is 2. The van der Waals surface area contributed by atoms with Gasteiger partial charge in [0.25, 0.3) is 0 Å². The molecule has 0 aromatic heterocycles. The van der Waals surface area contributed by atoms with Crippen LogP contribution in [0.2, 0.25) is 0 Å². The number of para-hydroxylation sites is 2. The Balaban J connectivity index is 0.00000264. The van der Waals surface area contributed by atoms with Crippen LogP contribution < -0.4 is 15.4 Å². The molecule has 0 heterocycles. The Kier molecular flexibility index (Phi) is 8.80. The predicted molar refractivity (Wildman–Crippen MR) is 96.5 cm³/mol. The fourth-order valence-electron chi connectivity index (χ4n) is 2.07. The van der Waals surface area contributed by atoms with Crippen LogP contribution in [-0.4, -0.2) is 26.1 Å². The quantitative estimate of drug-likeness (QED) is 0.779. The molecular weight excluding hydrogens is 312 g/mol. The Morgan fingerprint density at radius 3 is 2.48 bits per heavy atom. The van der Waals surface area contributed by atoms with E-state index < -0.39 is 0 Å². The minimum atomic E-state index is -0.0199. The molecule has 2 aromatic carbocycles. The zero-order chi connectivity index (χ0) is 15.6. The first kappa shape index (κ1) is 19.0. The molecule has 0 bridgehead atoms. The monoisotopic (exact) mass is 334 g/mol. The van der Waals surface area contributed by atoms with E-state index in [-0.39, 0.29) is 18.3 Å². The zero-order valence-electron chi connectivity index (χ0n) is 13.2. The van der Waals surface area contributed by atoms with Gasteiger partial charge in [-0.1, -0.05) is 42.5 Å². The molecule has 0 aliphatic rings. The predicted octanol–water partition coefficient (Wildman–Crippen LogP) is 3.28. The lowest BCUT2D eigenvalue weighted by Crippen LogP contribution is -2.19. The molecule has 0 saturated carbocycles. The maximum atomic E-state index is 11.8. The van der Waals surface area contributed by atoms with Crippen molar-refractivity contribution < 1.29 is 9.53 Å². The number of amides is 1. The molecular formula is C18H23ClN2O2. The van der Waals surface area contributed by atoms with Crippen molar-refractivity contribution in [1.29, 1.82) is 0 Å². The molecule has 124 valence electrons. The van der Waals surface area contributed by atoms with Crippen molar-refractivity contribution in [2.45, 2.75) is 12.8 Å². The average Bonchev–Trinajstić information content (AvgIpc) is 2.55. The highest BCUT2D eigenvalue weighted by molar-refractivity contribution is 5.92. The smallest absolute Gasteiger partial charge is 0.225 e. The third-order valence-corrected chi connectivity index (χ3v) is 3.25. The van der Waals surface area contributed by atoms with Crippen LogP contribution in [0.3, 0.4) is 0 Å². The molecule has 0 radical (unpaired) electrons. The Labute approximate surface area is 143 Å². The topological polar surface area (TPSA) is 50.4 Å². The number of benzene rings is 2. The molecule has 0 aliphatic heterocycles. The fourth-order valence-corrected chi connectivity index (χ4v) is 2.07. The molecule has 0 fully saturated rings. The van der Waals surface area contributed by atoms with Gasteiger partial charge in [0.1, 0.15) is 5.75 Å². The maximum absolute atomic E-state index is 11.8. The van der Waals surface area contributed by atoms with Gasteiger partial charge in [-0.05, 0) is 24.7 Å². The summed E-state index contributed by atoms with van der Waals surface area (Å²) in [5.74, 6) is 0.685. The molecule has 2 N–H and O–H groups in total. The highest BCUT2D eigenvalue weighted by Crippen LogP contribution is 2.24. The standard InChI is InChI=1S/C18H22N2O2.ClH/c1-19-13-11-18(21)20-16-9-5-6-10-17(16)22-14-12-15-7-3-2-4-8-15;/h2-10,19H,11-14H2,1H3,(H,20,21);1H. The molecule has 0 spiro atoms.